The SMILES string of the molecule is COc1ccc2nccc([C@@H](O)CC[C@@H]3CCN(CCCc4ccc(C)cc4)C[C@@H]3C(=O)O)c2c1. The van der Waals surface area contributed by atoms with Gasteiger partial charge in [0.15, 0.2) is 0 Å². The molecule has 0 saturated carbocycles. The van der Waals surface area contributed by atoms with E-state index >= 15 is 0 Å². The van der Waals surface area contributed by atoms with Crippen molar-refractivity contribution in [3.8, 4) is 5.75 Å². The fourth-order valence-electron chi connectivity index (χ4n) is 5.25. The molecule has 2 heterocycles. The molecule has 35 heavy (non-hydrogen) atoms. The van der Waals surface area contributed by atoms with Crippen molar-refractivity contribution >= 4 is 16.9 Å². The summed E-state index contributed by atoms with van der Waals surface area (Å²) in [5.74, 6) is -0.339. The molecule has 4 rings (SSSR count). The van der Waals surface area contributed by atoms with E-state index in [1.807, 2.05) is 24.3 Å². The Bertz CT molecular complexity index is 1130. The van der Waals surface area contributed by atoms with Crippen LogP contribution in [0.5, 0.6) is 5.75 Å². The molecule has 0 amide bonds. The van der Waals surface area contributed by atoms with Crippen LogP contribution in [0.2, 0.25) is 0 Å². The summed E-state index contributed by atoms with van der Waals surface area (Å²) in [6.45, 7) is 4.50. The molecule has 1 fully saturated rings. The lowest BCUT2D eigenvalue weighted by molar-refractivity contribution is -0.146. The van der Waals surface area contributed by atoms with Gasteiger partial charge < -0.3 is 19.8 Å². The minimum Gasteiger partial charge on any atom is -0.497 e. The highest BCUT2D eigenvalue weighted by atomic mass is 16.5. The van der Waals surface area contributed by atoms with Crippen molar-refractivity contribution in [1.82, 2.24) is 9.88 Å². The Labute approximate surface area is 207 Å². The topological polar surface area (TPSA) is 82.9 Å². The summed E-state index contributed by atoms with van der Waals surface area (Å²) in [4.78, 5) is 18.8. The zero-order valence-corrected chi connectivity index (χ0v) is 20.7. The number of hydrogen-bond donors (Lipinski definition) is 2. The van der Waals surface area contributed by atoms with Crippen molar-refractivity contribution in [2.24, 2.45) is 11.8 Å². The summed E-state index contributed by atoms with van der Waals surface area (Å²) < 4.78 is 5.34. The average Bonchev–Trinajstić information content (AvgIpc) is 2.88. The van der Waals surface area contributed by atoms with Crippen molar-refractivity contribution in [3.05, 3.63) is 71.4 Å². The van der Waals surface area contributed by atoms with Crippen molar-refractivity contribution in [2.75, 3.05) is 26.7 Å². The number of hydrogen-bond acceptors (Lipinski definition) is 5. The van der Waals surface area contributed by atoms with Crippen LogP contribution in [0.1, 0.15) is 48.5 Å². The smallest absolute Gasteiger partial charge is 0.308 e. The van der Waals surface area contributed by atoms with Gasteiger partial charge in [0.2, 0.25) is 0 Å². The van der Waals surface area contributed by atoms with Crippen LogP contribution in [0, 0.1) is 18.8 Å². The predicted molar refractivity (Wildman–Crippen MR) is 138 cm³/mol. The molecule has 0 radical (unpaired) electrons. The van der Waals surface area contributed by atoms with Crippen LogP contribution in [-0.2, 0) is 11.2 Å². The van der Waals surface area contributed by atoms with E-state index in [-0.39, 0.29) is 5.92 Å². The van der Waals surface area contributed by atoms with E-state index in [9.17, 15) is 15.0 Å². The Morgan fingerprint density at radius 3 is 2.74 bits per heavy atom. The van der Waals surface area contributed by atoms with E-state index in [0.29, 0.717) is 19.4 Å². The van der Waals surface area contributed by atoms with Gasteiger partial charge in [-0.15, -0.1) is 0 Å². The number of likely N-dealkylation sites (tertiary alicyclic amines) is 1. The molecule has 1 aromatic heterocycles. The second-order valence-corrected chi connectivity index (χ2v) is 9.76. The molecule has 0 unspecified atom stereocenters. The maximum Gasteiger partial charge on any atom is 0.308 e. The van der Waals surface area contributed by atoms with Crippen LogP contribution >= 0.6 is 0 Å². The molecule has 3 atom stereocenters. The molecular weight excluding hydrogens is 440 g/mol. The quantitative estimate of drug-likeness (QED) is 0.428. The number of rotatable bonds is 10. The van der Waals surface area contributed by atoms with Gasteiger partial charge in [0.05, 0.1) is 24.6 Å². The second-order valence-electron chi connectivity index (χ2n) is 9.76. The number of carboxylic acids is 1. The molecule has 0 spiro atoms. The molecule has 3 aromatic rings. The molecule has 2 N–H and O–H groups in total. The lowest BCUT2D eigenvalue weighted by Crippen LogP contribution is -2.44. The number of carboxylic acid groups (broad SMARTS) is 1. The van der Waals surface area contributed by atoms with Gasteiger partial charge in [0.25, 0.3) is 0 Å². The number of methoxy groups -OCH3 is 1. The minimum atomic E-state index is -0.730. The third kappa shape index (κ3) is 6.38. The first-order valence-corrected chi connectivity index (χ1v) is 12.6. The van der Waals surface area contributed by atoms with E-state index in [1.165, 1.54) is 11.1 Å². The Morgan fingerprint density at radius 1 is 1.20 bits per heavy atom. The van der Waals surface area contributed by atoms with E-state index in [2.05, 4.69) is 41.1 Å². The van der Waals surface area contributed by atoms with Gasteiger partial charge in [-0.2, -0.15) is 0 Å². The Balaban J connectivity index is 1.32. The van der Waals surface area contributed by atoms with E-state index in [4.69, 9.17) is 4.74 Å². The van der Waals surface area contributed by atoms with Gasteiger partial charge in [0, 0.05) is 18.1 Å². The largest absolute Gasteiger partial charge is 0.497 e. The third-order valence-electron chi connectivity index (χ3n) is 7.37. The highest BCUT2D eigenvalue weighted by Gasteiger charge is 2.34. The molecule has 1 aliphatic heterocycles. The Morgan fingerprint density at radius 2 is 2.00 bits per heavy atom. The van der Waals surface area contributed by atoms with E-state index in [1.54, 1.807) is 13.3 Å². The lowest BCUT2D eigenvalue weighted by Gasteiger charge is -2.37. The standard InChI is InChI=1S/C29H36N2O4/c1-20-5-7-21(8-6-20)4-3-16-31-17-14-22(26(19-31)29(33)34)9-12-28(32)24-13-15-30-27-11-10-23(35-2)18-25(24)27/h5-8,10-11,13,15,18,22,26,28,32H,3-4,9,12,14,16-17,19H2,1-2H3,(H,33,34)/t22-,26+,28+/m1/s1. The maximum atomic E-state index is 12.1. The monoisotopic (exact) mass is 476 g/mol. The number of aryl methyl sites for hydroxylation is 2. The molecule has 6 nitrogen and oxygen atoms in total. The lowest BCUT2D eigenvalue weighted by atomic mass is 9.81. The fourth-order valence-corrected chi connectivity index (χ4v) is 5.25. The summed E-state index contributed by atoms with van der Waals surface area (Å²) in [5, 5.41) is 21.8. The maximum absolute atomic E-state index is 12.1. The predicted octanol–water partition coefficient (Wildman–Crippen LogP) is 5.02. The number of carbonyl (C=O) groups is 1. The van der Waals surface area contributed by atoms with Gasteiger partial charge in [0.1, 0.15) is 5.75 Å². The minimum absolute atomic E-state index is 0.0677. The molecule has 6 heteroatoms. The zero-order chi connectivity index (χ0) is 24.8. The summed E-state index contributed by atoms with van der Waals surface area (Å²) in [6.07, 6.45) is 5.13. The molecule has 2 aromatic carbocycles. The van der Waals surface area contributed by atoms with E-state index < -0.39 is 18.0 Å². The Kier molecular flexibility index (Phi) is 8.37. The van der Waals surface area contributed by atoms with Crippen molar-refractivity contribution in [1.29, 1.82) is 0 Å². The molecular formula is C29H36N2O4. The summed E-state index contributed by atoms with van der Waals surface area (Å²) in [6, 6.07) is 16.1. The molecule has 1 saturated heterocycles. The number of benzene rings is 2. The normalized spacial score (nSPS) is 19.5. The van der Waals surface area contributed by atoms with Crippen molar-refractivity contribution in [3.63, 3.8) is 0 Å². The zero-order valence-electron chi connectivity index (χ0n) is 20.7. The van der Waals surface area contributed by atoms with E-state index in [0.717, 1.165) is 54.6 Å². The van der Waals surface area contributed by atoms with Crippen LogP contribution in [-0.4, -0.2) is 52.8 Å². The van der Waals surface area contributed by atoms with Gasteiger partial charge in [-0.3, -0.25) is 9.78 Å². The number of pyridine rings is 1. The second kappa shape index (κ2) is 11.6. The first-order valence-electron chi connectivity index (χ1n) is 12.6. The number of aliphatic hydroxyl groups excluding tert-OH is 1. The number of aliphatic carboxylic acids is 1. The summed E-state index contributed by atoms with van der Waals surface area (Å²) in [5.41, 5.74) is 4.22. The number of ether oxygens (including phenoxy) is 1. The van der Waals surface area contributed by atoms with Crippen LogP contribution < -0.4 is 4.74 Å². The third-order valence-corrected chi connectivity index (χ3v) is 7.37. The summed E-state index contributed by atoms with van der Waals surface area (Å²) in [7, 11) is 1.62. The molecule has 0 aliphatic carbocycles. The molecule has 1 aliphatic rings. The van der Waals surface area contributed by atoms with Crippen molar-refractivity contribution in [2.45, 2.75) is 45.1 Å². The number of nitrogens with zero attached hydrogens (tertiary/aromatic N) is 2. The summed E-state index contributed by atoms with van der Waals surface area (Å²) >= 11 is 0. The number of fused-ring (bicyclic) bond motifs is 1. The van der Waals surface area contributed by atoms with Gasteiger partial charge in [-0.1, -0.05) is 29.8 Å². The first kappa shape index (κ1) is 25.1. The number of aliphatic hydroxyl groups is 1. The van der Waals surface area contributed by atoms with Crippen LogP contribution in [0.15, 0.2) is 54.7 Å². The van der Waals surface area contributed by atoms with Crippen molar-refractivity contribution < 1.29 is 19.7 Å². The van der Waals surface area contributed by atoms with Crippen LogP contribution in [0.4, 0.5) is 0 Å². The highest BCUT2D eigenvalue weighted by molar-refractivity contribution is 5.83. The first-order chi connectivity index (χ1) is 16.9. The van der Waals surface area contributed by atoms with Gasteiger partial charge >= 0.3 is 5.97 Å². The number of aromatic nitrogens is 1. The fraction of sp³-hybridized carbons (Fsp3) is 0.448. The average molecular weight is 477 g/mol. The number of piperidine rings is 1. The van der Waals surface area contributed by atoms with Gasteiger partial charge in [-0.05, 0) is 93.4 Å². The highest BCUT2D eigenvalue weighted by Crippen LogP contribution is 2.33. The molecule has 186 valence electrons. The Hall–Kier alpha value is -2.96. The van der Waals surface area contributed by atoms with Gasteiger partial charge in [-0.25, -0.2) is 0 Å². The van der Waals surface area contributed by atoms with Crippen LogP contribution in [0.25, 0.3) is 10.9 Å². The van der Waals surface area contributed by atoms with Crippen LogP contribution in [0.3, 0.4) is 0 Å². The molecule has 0 bridgehead atoms.